The minimum Gasteiger partial charge on any atom is -0.496 e. The number of benzene rings is 1. The van der Waals surface area contributed by atoms with Crippen molar-refractivity contribution in [2.45, 2.75) is 32.2 Å². The zero-order chi connectivity index (χ0) is 15.5. The molecule has 1 heterocycles. The Balaban J connectivity index is 1.86. The quantitative estimate of drug-likeness (QED) is 0.757. The van der Waals surface area contributed by atoms with E-state index in [1.807, 2.05) is 32.0 Å². The molecule has 1 aliphatic rings. The third-order valence-corrected chi connectivity index (χ3v) is 3.57. The topological polar surface area (TPSA) is 54.0 Å². The van der Waals surface area contributed by atoms with Gasteiger partial charge in [0.2, 0.25) is 0 Å². The van der Waals surface area contributed by atoms with E-state index in [0.29, 0.717) is 12.4 Å². The molecule has 0 spiro atoms. The van der Waals surface area contributed by atoms with E-state index in [4.69, 9.17) is 18.9 Å². The van der Waals surface area contributed by atoms with E-state index in [2.05, 4.69) is 15.9 Å². The maximum atomic E-state index is 11.9. The van der Waals surface area contributed by atoms with Crippen LogP contribution in [0, 0.1) is 0 Å². The van der Waals surface area contributed by atoms with Gasteiger partial charge in [0.15, 0.2) is 5.79 Å². The summed E-state index contributed by atoms with van der Waals surface area (Å²) in [4.78, 5) is 11.9. The van der Waals surface area contributed by atoms with E-state index in [-0.39, 0.29) is 25.1 Å². The number of carbonyl (C=O) groups is 1. The van der Waals surface area contributed by atoms with E-state index >= 15 is 0 Å². The van der Waals surface area contributed by atoms with Gasteiger partial charge in [-0.3, -0.25) is 4.79 Å². The van der Waals surface area contributed by atoms with Crippen molar-refractivity contribution >= 4 is 21.9 Å². The molecule has 0 aliphatic carbocycles. The first-order valence-electron chi connectivity index (χ1n) is 6.69. The molecule has 1 aromatic carbocycles. The summed E-state index contributed by atoms with van der Waals surface area (Å²) in [5.41, 5.74) is 0.779. The lowest BCUT2D eigenvalue weighted by Gasteiger charge is -2.17. The van der Waals surface area contributed by atoms with Gasteiger partial charge in [0.05, 0.1) is 20.1 Å². The van der Waals surface area contributed by atoms with Crippen LogP contribution < -0.4 is 4.74 Å². The Morgan fingerprint density at radius 2 is 2.24 bits per heavy atom. The second-order valence-corrected chi connectivity index (χ2v) is 6.18. The molecule has 21 heavy (non-hydrogen) atoms. The molecular formula is C15H19BrO5. The molecule has 1 aliphatic heterocycles. The smallest absolute Gasteiger partial charge is 0.310 e. The standard InChI is InChI=1S/C15H19BrO5/c1-15(2)20-9-12(21-15)8-19-14(17)7-10-6-11(16)4-5-13(10)18-3/h4-6,12H,7-9H2,1-3H3/t12-/m1/s1. The summed E-state index contributed by atoms with van der Waals surface area (Å²) in [5.74, 6) is -0.263. The molecule has 1 saturated heterocycles. The number of ether oxygens (including phenoxy) is 4. The monoisotopic (exact) mass is 358 g/mol. The van der Waals surface area contributed by atoms with E-state index in [1.54, 1.807) is 7.11 Å². The highest BCUT2D eigenvalue weighted by molar-refractivity contribution is 9.10. The summed E-state index contributed by atoms with van der Waals surface area (Å²) < 4.78 is 22.4. The highest BCUT2D eigenvalue weighted by Crippen LogP contribution is 2.24. The number of hydrogen-bond acceptors (Lipinski definition) is 5. The average Bonchev–Trinajstić information content (AvgIpc) is 2.76. The fourth-order valence-corrected chi connectivity index (χ4v) is 2.53. The van der Waals surface area contributed by atoms with Crippen molar-refractivity contribution in [1.82, 2.24) is 0 Å². The molecule has 0 aromatic heterocycles. The molecule has 0 saturated carbocycles. The van der Waals surface area contributed by atoms with Gasteiger partial charge in [-0.1, -0.05) is 15.9 Å². The molecule has 1 atom stereocenters. The molecule has 6 heteroatoms. The summed E-state index contributed by atoms with van der Waals surface area (Å²) in [5, 5.41) is 0. The highest BCUT2D eigenvalue weighted by atomic mass is 79.9. The fourth-order valence-electron chi connectivity index (χ4n) is 2.12. The first-order chi connectivity index (χ1) is 9.89. The Morgan fingerprint density at radius 1 is 1.48 bits per heavy atom. The van der Waals surface area contributed by atoms with Crippen molar-refractivity contribution in [1.29, 1.82) is 0 Å². The summed E-state index contributed by atoms with van der Waals surface area (Å²) >= 11 is 3.38. The summed E-state index contributed by atoms with van der Waals surface area (Å²) in [6.07, 6.45) is -0.0621. The van der Waals surface area contributed by atoms with Crippen molar-refractivity contribution in [2.24, 2.45) is 0 Å². The van der Waals surface area contributed by atoms with Crippen LogP contribution in [0.1, 0.15) is 19.4 Å². The van der Waals surface area contributed by atoms with E-state index in [1.165, 1.54) is 0 Å². The van der Waals surface area contributed by atoms with Crippen LogP contribution in [0.5, 0.6) is 5.75 Å². The van der Waals surface area contributed by atoms with Crippen LogP contribution in [-0.2, 0) is 25.4 Å². The molecule has 0 radical (unpaired) electrons. The predicted molar refractivity (Wildman–Crippen MR) is 80.3 cm³/mol. The van der Waals surface area contributed by atoms with Gasteiger partial charge in [-0.2, -0.15) is 0 Å². The van der Waals surface area contributed by atoms with Crippen molar-refractivity contribution in [3.8, 4) is 5.75 Å². The lowest BCUT2D eigenvalue weighted by atomic mass is 10.1. The predicted octanol–water partition coefficient (Wildman–Crippen LogP) is 2.69. The van der Waals surface area contributed by atoms with Crippen molar-refractivity contribution < 1.29 is 23.7 Å². The van der Waals surface area contributed by atoms with Crippen LogP contribution in [0.4, 0.5) is 0 Å². The minimum absolute atomic E-state index is 0.152. The number of halogens is 1. The lowest BCUT2D eigenvalue weighted by molar-refractivity contribution is -0.157. The van der Waals surface area contributed by atoms with Crippen LogP contribution in [0.2, 0.25) is 0 Å². The molecule has 0 unspecified atom stereocenters. The lowest BCUT2D eigenvalue weighted by Crippen LogP contribution is -2.25. The Hall–Kier alpha value is -1.11. The molecule has 1 aromatic rings. The zero-order valence-electron chi connectivity index (χ0n) is 12.3. The highest BCUT2D eigenvalue weighted by Gasteiger charge is 2.33. The Kier molecular flexibility index (Phi) is 5.24. The molecule has 5 nitrogen and oxygen atoms in total. The number of methoxy groups -OCH3 is 1. The fraction of sp³-hybridized carbons (Fsp3) is 0.533. The zero-order valence-corrected chi connectivity index (χ0v) is 13.9. The third-order valence-electron chi connectivity index (χ3n) is 3.07. The molecule has 0 amide bonds. The molecule has 0 bridgehead atoms. The molecule has 1 fully saturated rings. The van der Waals surface area contributed by atoms with Crippen molar-refractivity contribution in [3.63, 3.8) is 0 Å². The second-order valence-electron chi connectivity index (χ2n) is 5.27. The van der Waals surface area contributed by atoms with Crippen LogP contribution >= 0.6 is 15.9 Å². The van der Waals surface area contributed by atoms with Gasteiger partial charge in [0.25, 0.3) is 0 Å². The third kappa shape index (κ3) is 4.69. The van der Waals surface area contributed by atoms with Gasteiger partial charge in [-0.05, 0) is 32.0 Å². The van der Waals surface area contributed by atoms with Crippen LogP contribution in [0.15, 0.2) is 22.7 Å². The Morgan fingerprint density at radius 3 is 2.86 bits per heavy atom. The Labute approximate surface area is 132 Å². The summed E-state index contributed by atoms with van der Waals surface area (Å²) in [7, 11) is 1.57. The Bertz CT molecular complexity index is 515. The van der Waals surface area contributed by atoms with E-state index in [0.717, 1.165) is 10.0 Å². The van der Waals surface area contributed by atoms with Gasteiger partial charge in [0, 0.05) is 10.0 Å². The SMILES string of the molecule is COc1ccc(Br)cc1CC(=O)OC[C@@H]1COC(C)(C)O1. The molecule has 2 rings (SSSR count). The maximum absolute atomic E-state index is 11.9. The number of carbonyl (C=O) groups excluding carboxylic acids is 1. The average molecular weight is 359 g/mol. The second kappa shape index (κ2) is 6.77. The van der Waals surface area contributed by atoms with Crippen LogP contribution in [-0.4, -0.2) is 38.2 Å². The molecule has 0 N–H and O–H groups in total. The van der Waals surface area contributed by atoms with E-state index in [9.17, 15) is 4.79 Å². The van der Waals surface area contributed by atoms with Crippen LogP contribution in [0.25, 0.3) is 0 Å². The normalized spacial score (nSPS) is 20.3. The van der Waals surface area contributed by atoms with Crippen molar-refractivity contribution in [2.75, 3.05) is 20.3 Å². The van der Waals surface area contributed by atoms with Gasteiger partial charge in [0.1, 0.15) is 18.5 Å². The number of rotatable bonds is 5. The van der Waals surface area contributed by atoms with E-state index < -0.39 is 5.79 Å². The van der Waals surface area contributed by atoms with Gasteiger partial charge < -0.3 is 18.9 Å². The summed E-state index contributed by atoms with van der Waals surface area (Å²) in [6.45, 7) is 4.29. The molecular weight excluding hydrogens is 340 g/mol. The molecule has 116 valence electrons. The summed E-state index contributed by atoms with van der Waals surface area (Å²) in [6, 6.07) is 5.51. The minimum atomic E-state index is -0.607. The maximum Gasteiger partial charge on any atom is 0.310 e. The van der Waals surface area contributed by atoms with Crippen LogP contribution in [0.3, 0.4) is 0 Å². The van der Waals surface area contributed by atoms with Crippen molar-refractivity contribution in [3.05, 3.63) is 28.2 Å². The first kappa shape index (κ1) is 16.3. The number of hydrogen-bond donors (Lipinski definition) is 0. The van der Waals surface area contributed by atoms with Gasteiger partial charge in [-0.15, -0.1) is 0 Å². The largest absolute Gasteiger partial charge is 0.496 e. The number of esters is 1. The first-order valence-corrected chi connectivity index (χ1v) is 7.49. The van der Waals surface area contributed by atoms with Gasteiger partial charge >= 0.3 is 5.97 Å². The van der Waals surface area contributed by atoms with Gasteiger partial charge in [-0.25, -0.2) is 0 Å².